The van der Waals surface area contributed by atoms with E-state index in [2.05, 4.69) is 15.6 Å². The molecule has 0 spiro atoms. The highest BCUT2D eigenvalue weighted by Crippen LogP contribution is 2.35. The average Bonchev–Trinajstić information content (AvgIpc) is 3.07. The Hall–Kier alpha value is -2.37. The first-order valence-electron chi connectivity index (χ1n) is 9.03. The maximum atomic E-state index is 13.2. The van der Waals surface area contributed by atoms with Crippen molar-refractivity contribution in [3.63, 3.8) is 0 Å². The Morgan fingerprint density at radius 1 is 1.28 bits per heavy atom. The second-order valence-electron chi connectivity index (χ2n) is 6.75. The summed E-state index contributed by atoms with van der Waals surface area (Å²) in [7, 11) is -0.894. The maximum Gasteiger partial charge on any atom is 0.321 e. The van der Waals surface area contributed by atoms with Gasteiger partial charge in [0, 0.05) is 30.0 Å². The number of fused-ring (bicyclic) bond motifs is 1. The number of amides is 2. The van der Waals surface area contributed by atoms with Gasteiger partial charge in [-0.1, -0.05) is 11.3 Å². The number of carbonyl (C=O) groups excluding carboxylic acids is 1. The molecule has 9 nitrogen and oxygen atoms in total. The van der Waals surface area contributed by atoms with Gasteiger partial charge in [-0.25, -0.2) is 18.2 Å². The van der Waals surface area contributed by atoms with Crippen LogP contribution in [0.1, 0.15) is 24.4 Å². The van der Waals surface area contributed by atoms with Gasteiger partial charge >= 0.3 is 6.03 Å². The standard InChI is InChI=1S/C18H24N4O5S2/c1-11(2)19-17(23)21-18-20-13-7-8-22(10-15(13)28-18)29(24,25)16-9-12(26-3)5-6-14(16)27-4/h5-6,9,11H,7-8,10H2,1-4H3,(H2,19,20,21,23). The number of anilines is 1. The molecule has 1 aliphatic rings. The Balaban J connectivity index is 1.82. The molecule has 29 heavy (non-hydrogen) atoms. The van der Waals surface area contributed by atoms with E-state index >= 15 is 0 Å². The van der Waals surface area contributed by atoms with Crippen LogP contribution in [0.2, 0.25) is 0 Å². The Bertz CT molecular complexity index is 1000. The number of methoxy groups -OCH3 is 2. The minimum Gasteiger partial charge on any atom is -0.497 e. The molecule has 0 aliphatic carbocycles. The lowest BCUT2D eigenvalue weighted by Gasteiger charge is -2.26. The number of hydrogen-bond donors (Lipinski definition) is 2. The van der Waals surface area contributed by atoms with E-state index < -0.39 is 10.0 Å². The number of carbonyl (C=O) groups is 1. The Labute approximate surface area is 174 Å². The average molecular weight is 441 g/mol. The molecule has 3 rings (SSSR count). The fourth-order valence-electron chi connectivity index (χ4n) is 2.95. The monoisotopic (exact) mass is 440 g/mol. The summed E-state index contributed by atoms with van der Waals surface area (Å²) in [4.78, 5) is 17.2. The number of hydrogen-bond acceptors (Lipinski definition) is 7. The van der Waals surface area contributed by atoms with Gasteiger partial charge in [0.25, 0.3) is 0 Å². The van der Waals surface area contributed by atoms with Gasteiger partial charge in [-0.15, -0.1) is 0 Å². The van der Waals surface area contributed by atoms with E-state index in [1.807, 2.05) is 13.8 Å². The summed E-state index contributed by atoms with van der Waals surface area (Å²) in [6.07, 6.45) is 0.463. The fourth-order valence-corrected chi connectivity index (χ4v) is 5.63. The van der Waals surface area contributed by atoms with Gasteiger partial charge in [-0.2, -0.15) is 4.31 Å². The number of nitrogens with one attached hydrogen (secondary N) is 2. The van der Waals surface area contributed by atoms with Crippen LogP contribution in [0.25, 0.3) is 0 Å². The summed E-state index contributed by atoms with van der Waals surface area (Å²) in [6, 6.07) is 4.35. The quantitative estimate of drug-likeness (QED) is 0.714. The molecule has 0 saturated heterocycles. The first-order chi connectivity index (χ1) is 13.7. The third-order valence-corrected chi connectivity index (χ3v) is 7.19. The number of benzene rings is 1. The maximum absolute atomic E-state index is 13.2. The lowest BCUT2D eigenvalue weighted by atomic mass is 10.2. The van der Waals surface area contributed by atoms with Crippen LogP contribution in [0.4, 0.5) is 9.93 Å². The minimum absolute atomic E-state index is 0.00284. The first-order valence-corrected chi connectivity index (χ1v) is 11.3. The summed E-state index contributed by atoms with van der Waals surface area (Å²) >= 11 is 1.28. The van der Waals surface area contributed by atoms with Crippen LogP contribution >= 0.6 is 11.3 Å². The smallest absolute Gasteiger partial charge is 0.321 e. The van der Waals surface area contributed by atoms with E-state index in [0.29, 0.717) is 17.3 Å². The molecule has 2 aromatic rings. The molecule has 0 radical (unpaired) electrons. The fraction of sp³-hybridized carbons (Fsp3) is 0.444. The second kappa shape index (κ2) is 8.56. The van der Waals surface area contributed by atoms with Crippen LogP contribution in [0.15, 0.2) is 23.1 Å². The van der Waals surface area contributed by atoms with E-state index in [-0.39, 0.29) is 35.8 Å². The summed E-state index contributed by atoms with van der Waals surface area (Å²) in [5.74, 6) is 0.691. The molecular formula is C18H24N4O5S2. The van der Waals surface area contributed by atoms with Crippen LogP contribution in [0, 0.1) is 0 Å². The Morgan fingerprint density at radius 3 is 2.69 bits per heavy atom. The van der Waals surface area contributed by atoms with Crippen molar-refractivity contribution in [2.24, 2.45) is 0 Å². The van der Waals surface area contributed by atoms with Gasteiger partial charge in [0.05, 0.1) is 26.5 Å². The van der Waals surface area contributed by atoms with Crippen molar-refractivity contribution in [3.8, 4) is 11.5 Å². The third-order valence-electron chi connectivity index (χ3n) is 4.33. The van der Waals surface area contributed by atoms with Gasteiger partial charge in [0.1, 0.15) is 16.4 Å². The molecule has 1 aromatic heterocycles. The Kier molecular flexibility index (Phi) is 6.30. The van der Waals surface area contributed by atoms with Crippen LogP contribution in [-0.4, -0.2) is 50.5 Å². The van der Waals surface area contributed by atoms with E-state index in [1.54, 1.807) is 12.1 Å². The van der Waals surface area contributed by atoms with E-state index in [4.69, 9.17) is 9.47 Å². The lowest BCUT2D eigenvalue weighted by molar-refractivity contribution is 0.250. The number of aromatic nitrogens is 1. The molecule has 1 aromatic carbocycles. The molecule has 2 amide bonds. The molecule has 0 unspecified atom stereocenters. The second-order valence-corrected chi connectivity index (χ2v) is 9.74. The van der Waals surface area contributed by atoms with Crippen molar-refractivity contribution in [1.82, 2.24) is 14.6 Å². The molecule has 1 aliphatic heterocycles. The van der Waals surface area contributed by atoms with Crippen molar-refractivity contribution in [3.05, 3.63) is 28.8 Å². The molecule has 11 heteroatoms. The van der Waals surface area contributed by atoms with Crippen LogP contribution in [-0.2, 0) is 23.0 Å². The zero-order chi connectivity index (χ0) is 21.2. The van der Waals surface area contributed by atoms with Gasteiger partial charge < -0.3 is 14.8 Å². The van der Waals surface area contributed by atoms with Gasteiger partial charge in [0.15, 0.2) is 5.13 Å². The topological polar surface area (TPSA) is 110 Å². The van der Waals surface area contributed by atoms with Crippen molar-refractivity contribution < 1.29 is 22.7 Å². The number of thiazole rings is 1. The zero-order valence-electron chi connectivity index (χ0n) is 16.7. The number of ether oxygens (including phenoxy) is 2. The van der Waals surface area contributed by atoms with Crippen molar-refractivity contribution in [1.29, 1.82) is 0 Å². The lowest BCUT2D eigenvalue weighted by Crippen LogP contribution is -2.35. The summed E-state index contributed by atoms with van der Waals surface area (Å²) in [5, 5.41) is 5.89. The number of rotatable bonds is 6. The summed E-state index contributed by atoms with van der Waals surface area (Å²) in [6.45, 7) is 4.20. The van der Waals surface area contributed by atoms with Crippen LogP contribution in [0.5, 0.6) is 11.5 Å². The van der Waals surface area contributed by atoms with Gasteiger partial charge in [0.2, 0.25) is 10.0 Å². The number of sulfonamides is 1. The highest BCUT2D eigenvalue weighted by molar-refractivity contribution is 7.89. The molecule has 0 atom stereocenters. The summed E-state index contributed by atoms with van der Waals surface area (Å²) in [5.41, 5.74) is 0.805. The third kappa shape index (κ3) is 4.62. The van der Waals surface area contributed by atoms with Gasteiger partial charge in [-0.05, 0) is 26.0 Å². The normalized spacial score (nSPS) is 14.4. The number of nitrogens with zero attached hydrogens (tertiary/aromatic N) is 2. The van der Waals surface area contributed by atoms with E-state index in [0.717, 1.165) is 10.6 Å². The van der Waals surface area contributed by atoms with Crippen molar-refractivity contribution in [2.75, 3.05) is 26.1 Å². The molecule has 0 fully saturated rings. The van der Waals surface area contributed by atoms with E-state index in [1.165, 1.54) is 35.9 Å². The molecule has 158 valence electrons. The Morgan fingerprint density at radius 2 is 2.03 bits per heavy atom. The zero-order valence-corrected chi connectivity index (χ0v) is 18.3. The highest BCUT2D eigenvalue weighted by Gasteiger charge is 2.33. The summed E-state index contributed by atoms with van der Waals surface area (Å²) < 4.78 is 38.3. The van der Waals surface area contributed by atoms with Crippen molar-refractivity contribution >= 4 is 32.5 Å². The molecular weight excluding hydrogens is 416 g/mol. The van der Waals surface area contributed by atoms with Crippen molar-refractivity contribution in [2.45, 2.75) is 37.8 Å². The van der Waals surface area contributed by atoms with Crippen LogP contribution < -0.4 is 20.1 Å². The molecule has 0 bridgehead atoms. The predicted octanol–water partition coefficient (Wildman–Crippen LogP) is 2.44. The largest absolute Gasteiger partial charge is 0.497 e. The number of urea groups is 1. The van der Waals surface area contributed by atoms with E-state index in [9.17, 15) is 13.2 Å². The molecule has 0 saturated carbocycles. The van der Waals surface area contributed by atoms with Gasteiger partial charge in [-0.3, -0.25) is 5.32 Å². The highest BCUT2D eigenvalue weighted by atomic mass is 32.2. The first kappa shape index (κ1) is 21.3. The minimum atomic E-state index is -3.80. The van der Waals surface area contributed by atoms with Crippen LogP contribution in [0.3, 0.4) is 0 Å². The SMILES string of the molecule is COc1ccc(OC)c(S(=O)(=O)N2CCc3nc(NC(=O)NC(C)C)sc3C2)c1. The predicted molar refractivity (Wildman–Crippen MR) is 110 cm³/mol. The molecule has 2 heterocycles. The molecule has 2 N–H and O–H groups in total.